The van der Waals surface area contributed by atoms with E-state index in [-0.39, 0.29) is 12.6 Å². The van der Waals surface area contributed by atoms with Crippen LogP contribution in [0.15, 0.2) is 6.20 Å². The number of hydrogen-bond acceptors (Lipinski definition) is 5. The first-order valence-corrected chi connectivity index (χ1v) is 7.40. The van der Waals surface area contributed by atoms with Crippen LogP contribution in [0.2, 0.25) is 0 Å². The number of hydrogen-bond donors (Lipinski definition) is 1. The van der Waals surface area contributed by atoms with E-state index in [2.05, 4.69) is 9.88 Å². The van der Waals surface area contributed by atoms with Gasteiger partial charge in [-0.05, 0) is 6.42 Å². The Balaban J connectivity index is 1.95. The van der Waals surface area contributed by atoms with Gasteiger partial charge in [0.2, 0.25) is 0 Å². The molecule has 4 nitrogen and oxygen atoms in total. The zero-order valence-electron chi connectivity index (χ0n) is 11.2. The highest BCUT2D eigenvalue weighted by Crippen LogP contribution is 2.36. The molecule has 2 heterocycles. The second-order valence-corrected chi connectivity index (χ2v) is 5.78. The average Bonchev–Trinajstić information content (AvgIpc) is 2.90. The second kappa shape index (κ2) is 6.28. The van der Waals surface area contributed by atoms with Gasteiger partial charge in [-0.3, -0.25) is 4.90 Å². The van der Waals surface area contributed by atoms with Gasteiger partial charge in [-0.25, -0.2) is 4.98 Å². The average molecular weight is 309 g/mol. The highest BCUT2D eigenvalue weighted by atomic mass is 32.1. The zero-order valence-corrected chi connectivity index (χ0v) is 12.0. The van der Waals surface area contributed by atoms with Gasteiger partial charge < -0.3 is 10.0 Å². The van der Waals surface area contributed by atoms with E-state index in [4.69, 9.17) is 0 Å². The van der Waals surface area contributed by atoms with Crippen molar-refractivity contribution in [1.82, 2.24) is 9.88 Å². The Morgan fingerprint density at radius 2 is 2.00 bits per heavy atom. The third-order valence-electron chi connectivity index (χ3n) is 3.56. The summed E-state index contributed by atoms with van der Waals surface area (Å²) >= 11 is 0.689. The summed E-state index contributed by atoms with van der Waals surface area (Å²) in [5.41, 5.74) is 0. The quantitative estimate of drug-likeness (QED) is 0.924. The molecule has 0 aromatic carbocycles. The molecule has 0 saturated carbocycles. The maximum absolute atomic E-state index is 12.5. The lowest BCUT2D eigenvalue weighted by Crippen LogP contribution is -2.51. The van der Waals surface area contributed by atoms with Crippen molar-refractivity contribution in [3.8, 4) is 0 Å². The van der Waals surface area contributed by atoms with Crippen molar-refractivity contribution in [2.75, 3.05) is 37.7 Å². The predicted octanol–water partition coefficient (Wildman–Crippen LogP) is 2.05. The van der Waals surface area contributed by atoms with Crippen molar-refractivity contribution in [3.05, 3.63) is 11.1 Å². The molecular weight excluding hydrogens is 291 g/mol. The third-order valence-corrected chi connectivity index (χ3v) is 4.66. The number of halogens is 3. The van der Waals surface area contributed by atoms with E-state index < -0.39 is 11.1 Å². The van der Waals surface area contributed by atoms with Crippen LogP contribution in [0.4, 0.5) is 18.3 Å². The molecule has 0 unspecified atom stereocenters. The molecule has 1 aliphatic rings. The summed E-state index contributed by atoms with van der Waals surface area (Å²) in [4.78, 5) is 7.27. The molecule has 1 fully saturated rings. The molecule has 1 aliphatic heterocycles. The summed E-state index contributed by atoms with van der Waals surface area (Å²) in [6.45, 7) is 4.89. The van der Waals surface area contributed by atoms with Crippen LogP contribution >= 0.6 is 11.3 Å². The fraction of sp³-hybridized carbons (Fsp3) is 0.750. The molecule has 20 heavy (non-hydrogen) atoms. The summed E-state index contributed by atoms with van der Waals surface area (Å²) in [5, 5.41) is 9.69. The van der Waals surface area contributed by atoms with Gasteiger partial charge in [0.15, 0.2) is 5.13 Å². The summed E-state index contributed by atoms with van der Waals surface area (Å²) in [7, 11) is 0. The summed E-state index contributed by atoms with van der Waals surface area (Å²) in [6.07, 6.45) is -2.55. The maximum Gasteiger partial charge on any atom is 0.427 e. The van der Waals surface area contributed by atoms with Gasteiger partial charge in [0.05, 0.1) is 12.8 Å². The van der Waals surface area contributed by atoms with Gasteiger partial charge in [-0.2, -0.15) is 13.2 Å². The SMILES string of the molecule is CC[C@H](CO)N1CCN(c2ncc(C(F)(F)F)s2)CC1. The number of aromatic nitrogens is 1. The lowest BCUT2D eigenvalue weighted by Gasteiger charge is -2.38. The van der Waals surface area contributed by atoms with Gasteiger partial charge in [-0.1, -0.05) is 18.3 Å². The highest BCUT2D eigenvalue weighted by Gasteiger charge is 2.34. The predicted molar refractivity (Wildman–Crippen MR) is 72.1 cm³/mol. The van der Waals surface area contributed by atoms with E-state index >= 15 is 0 Å². The Morgan fingerprint density at radius 1 is 1.35 bits per heavy atom. The molecule has 1 aromatic heterocycles. The maximum atomic E-state index is 12.5. The Labute approximate surface area is 119 Å². The van der Waals surface area contributed by atoms with Crippen molar-refractivity contribution in [2.24, 2.45) is 0 Å². The molecule has 0 spiro atoms. The van der Waals surface area contributed by atoms with E-state index in [1.807, 2.05) is 11.8 Å². The van der Waals surface area contributed by atoms with E-state index in [1.54, 1.807) is 0 Å². The Bertz CT molecular complexity index is 426. The van der Waals surface area contributed by atoms with Crippen molar-refractivity contribution < 1.29 is 18.3 Å². The molecule has 1 atom stereocenters. The number of alkyl halides is 3. The summed E-state index contributed by atoms with van der Waals surface area (Å²) in [5.74, 6) is 0. The standard InChI is InChI=1S/C12H18F3N3OS/c1-2-9(8-19)17-3-5-18(6-4-17)11-16-7-10(20-11)12(13,14)15/h7,9,19H,2-6,8H2,1H3/t9-/m1/s1. The topological polar surface area (TPSA) is 39.6 Å². The summed E-state index contributed by atoms with van der Waals surface area (Å²) in [6, 6.07) is 0.138. The smallest absolute Gasteiger partial charge is 0.395 e. The van der Waals surface area contributed by atoms with Crippen molar-refractivity contribution in [2.45, 2.75) is 25.6 Å². The van der Waals surface area contributed by atoms with Crippen LogP contribution < -0.4 is 4.90 Å². The van der Waals surface area contributed by atoms with E-state index in [1.165, 1.54) is 0 Å². The van der Waals surface area contributed by atoms with Crippen molar-refractivity contribution in [3.63, 3.8) is 0 Å². The highest BCUT2D eigenvalue weighted by molar-refractivity contribution is 7.15. The first kappa shape index (κ1) is 15.5. The van der Waals surface area contributed by atoms with Gasteiger partial charge in [-0.15, -0.1) is 0 Å². The Kier molecular flexibility index (Phi) is 4.87. The van der Waals surface area contributed by atoms with Crippen LogP contribution in [0.5, 0.6) is 0 Å². The van der Waals surface area contributed by atoms with E-state index in [9.17, 15) is 18.3 Å². The molecule has 1 N–H and O–H groups in total. The van der Waals surface area contributed by atoms with Crippen LogP contribution in [-0.4, -0.2) is 53.8 Å². The first-order chi connectivity index (χ1) is 9.45. The molecule has 114 valence electrons. The number of anilines is 1. The van der Waals surface area contributed by atoms with Crippen LogP contribution in [0.25, 0.3) is 0 Å². The number of rotatable bonds is 4. The number of thiazole rings is 1. The Morgan fingerprint density at radius 3 is 2.45 bits per heavy atom. The molecule has 1 saturated heterocycles. The minimum absolute atomic E-state index is 0.117. The van der Waals surface area contributed by atoms with Gasteiger partial charge >= 0.3 is 6.18 Å². The van der Waals surface area contributed by atoms with Crippen LogP contribution in [0.3, 0.4) is 0 Å². The lowest BCUT2D eigenvalue weighted by atomic mass is 10.2. The zero-order chi connectivity index (χ0) is 14.8. The molecule has 2 rings (SSSR count). The second-order valence-electron chi connectivity index (χ2n) is 4.77. The van der Waals surface area contributed by atoms with E-state index in [0.717, 1.165) is 25.7 Å². The van der Waals surface area contributed by atoms with Crippen LogP contribution in [0, 0.1) is 0 Å². The molecular formula is C12H18F3N3OS. The van der Waals surface area contributed by atoms with Gasteiger partial charge in [0, 0.05) is 32.2 Å². The number of aliphatic hydroxyl groups excluding tert-OH is 1. The number of aliphatic hydroxyl groups is 1. The molecule has 0 radical (unpaired) electrons. The summed E-state index contributed by atoms with van der Waals surface area (Å²) < 4.78 is 37.6. The lowest BCUT2D eigenvalue weighted by molar-refractivity contribution is -0.134. The largest absolute Gasteiger partial charge is 0.427 e. The van der Waals surface area contributed by atoms with Crippen LogP contribution in [-0.2, 0) is 6.18 Å². The third kappa shape index (κ3) is 3.42. The van der Waals surface area contributed by atoms with Crippen molar-refractivity contribution >= 4 is 16.5 Å². The molecule has 1 aromatic rings. The molecule has 0 amide bonds. The van der Waals surface area contributed by atoms with Gasteiger partial charge in [0.1, 0.15) is 4.88 Å². The number of nitrogens with zero attached hydrogens (tertiary/aromatic N) is 3. The molecule has 0 aliphatic carbocycles. The Hall–Kier alpha value is -0.860. The van der Waals surface area contributed by atoms with E-state index in [0.29, 0.717) is 29.6 Å². The minimum atomic E-state index is -4.32. The van der Waals surface area contributed by atoms with Crippen LogP contribution in [0.1, 0.15) is 18.2 Å². The fourth-order valence-electron chi connectivity index (χ4n) is 2.32. The molecule has 0 bridgehead atoms. The van der Waals surface area contributed by atoms with Gasteiger partial charge in [0.25, 0.3) is 0 Å². The minimum Gasteiger partial charge on any atom is -0.395 e. The van der Waals surface area contributed by atoms with Crippen molar-refractivity contribution in [1.29, 1.82) is 0 Å². The monoisotopic (exact) mass is 309 g/mol. The first-order valence-electron chi connectivity index (χ1n) is 6.58. The molecule has 8 heteroatoms. The fourth-order valence-corrected chi connectivity index (χ4v) is 3.16. The normalized spacial score (nSPS) is 19.4. The number of piperazine rings is 1.